The van der Waals surface area contributed by atoms with Gasteiger partial charge in [0.05, 0.1) is 0 Å². The zero-order chi connectivity index (χ0) is 12.4. The molecule has 0 spiro atoms. The molecule has 0 aliphatic carbocycles. The number of likely N-dealkylation sites (tertiary alicyclic amines) is 1. The van der Waals surface area contributed by atoms with Crippen LogP contribution in [0.3, 0.4) is 0 Å². The monoisotopic (exact) mass is 240 g/mol. The van der Waals surface area contributed by atoms with Gasteiger partial charge in [0, 0.05) is 30.8 Å². The Morgan fingerprint density at radius 2 is 2.24 bits per heavy atom. The minimum absolute atomic E-state index is 0.179. The van der Waals surface area contributed by atoms with Crippen LogP contribution in [0.5, 0.6) is 0 Å². The summed E-state index contributed by atoms with van der Waals surface area (Å²) in [6, 6.07) is 3.94. The molecule has 2 unspecified atom stereocenters. The molecule has 0 aromatic heterocycles. The third-order valence-electron chi connectivity index (χ3n) is 3.46. The van der Waals surface area contributed by atoms with E-state index in [2.05, 4.69) is 4.90 Å². The lowest BCUT2D eigenvalue weighted by Gasteiger charge is -2.18. The predicted octanol–water partition coefficient (Wildman–Crippen LogP) is 2.13. The zero-order valence-electron chi connectivity index (χ0n) is 10.00. The van der Waals surface area contributed by atoms with Crippen LogP contribution in [0.25, 0.3) is 0 Å². The van der Waals surface area contributed by atoms with Crippen LogP contribution < -0.4 is 5.73 Å². The fourth-order valence-electron chi connectivity index (χ4n) is 2.33. The van der Waals surface area contributed by atoms with Crippen LogP contribution in [0.1, 0.15) is 18.9 Å². The van der Waals surface area contributed by atoms with E-state index < -0.39 is 11.6 Å². The fourth-order valence-corrected chi connectivity index (χ4v) is 2.33. The van der Waals surface area contributed by atoms with Gasteiger partial charge in [0.25, 0.3) is 0 Å². The van der Waals surface area contributed by atoms with Crippen LogP contribution in [-0.2, 0) is 6.54 Å². The maximum absolute atomic E-state index is 13.5. The Labute approximate surface area is 100 Å². The van der Waals surface area contributed by atoms with Crippen LogP contribution >= 0.6 is 0 Å². The SMILES string of the molecule is CC(N)C1CCN(Cc2ccc(F)cc2F)C1. The second-order valence-electron chi connectivity index (χ2n) is 4.88. The molecular formula is C13H18F2N2. The highest BCUT2D eigenvalue weighted by molar-refractivity contribution is 5.18. The lowest BCUT2D eigenvalue weighted by atomic mass is 10.0. The molecule has 2 N–H and O–H groups in total. The molecule has 17 heavy (non-hydrogen) atoms. The molecule has 94 valence electrons. The highest BCUT2D eigenvalue weighted by Gasteiger charge is 2.25. The first-order chi connectivity index (χ1) is 8.06. The Morgan fingerprint density at radius 3 is 2.82 bits per heavy atom. The summed E-state index contributed by atoms with van der Waals surface area (Å²) in [6.45, 7) is 4.37. The lowest BCUT2D eigenvalue weighted by molar-refractivity contribution is 0.303. The van der Waals surface area contributed by atoms with Gasteiger partial charge in [-0.2, -0.15) is 0 Å². The fraction of sp³-hybridized carbons (Fsp3) is 0.538. The van der Waals surface area contributed by atoms with Crippen molar-refractivity contribution in [3.05, 3.63) is 35.4 Å². The van der Waals surface area contributed by atoms with E-state index in [9.17, 15) is 8.78 Å². The Bertz CT molecular complexity index is 393. The molecule has 1 heterocycles. The molecular weight excluding hydrogens is 222 g/mol. The molecule has 1 aliphatic rings. The Balaban J connectivity index is 1.98. The van der Waals surface area contributed by atoms with Gasteiger partial charge in [-0.05, 0) is 31.9 Å². The summed E-state index contributed by atoms with van der Waals surface area (Å²) in [4.78, 5) is 2.17. The summed E-state index contributed by atoms with van der Waals surface area (Å²) in [5.41, 5.74) is 6.41. The quantitative estimate of drug-likeness (QED) is 0.877. The number of nitrogens with two attached hydrogens (primary N) is 1. The Hall–Kier alpha value is -1.00. The van der Waals surface area contributed by atoms with Crippen molar-refractivity contribution in [2.24, 2.45) is 11.7 Å². The molecule has 1 fully saturated rings. The molecule has 0 saturated carbocycles. The van der Waals surface area contributed by atoms with Crippen molar-refractivity contribution in [3.63, 3.8) is 0 Å². The minimum Gasteiger partial charge on any atom is -0.328 e. The van der Waals surface area contributed by atoms with E-state index in [1.807, 2.05) is 6.92 Å². The molecule has 0 radical (unpaired) electrons. The van der Waals surface area contributed by atoms with E-state index in [0.717, 1.165) is 25.6 Å². The van der Waals surface area contributed by atoms with Gasteiger partial charge in [0.2, 0.25) is 0 Å². The van der Waals surface area contributed by atoms with Gasteiger partial charge in [-0.3, -0.25) is 4.90 Å². The Kier molecular flexibility index (Phi) is 3.74. The van der Waals surface area contributed by atoms with Gasteiger partial charge in [-0.25, -0.2) is 8.78 Å². The second kappa shape index (κ2) is 5.10. The van der Waals surface area contributed by atoms with Crippen molar-refractivity contribution < 1.29 is 8.78 Å². The van der Waals surface area contributed by atoms with E-state index in [-0.39, 0.29) is 6.04 Å². The molecule has 2 atom stereocenters. The van der Waals surface area contributed by atoms with Gasteiger partial charge >= 0.3 is 0 Å². The maximum atomic E-state index is 13.5. The van der Waals surface area contributed by atoms with Gasteiger partial charge < -0.3 is 5.73 Å². The van der Waals surface area contributed by atoms with E-state index in [1.165, 1.54) is 12.1 Å². The van der Waals surface area contributed by atoms with Gasteiger partial charge in [0.15, 0.2) is 0 Å². The number of rotatable bonds is 3. The normalized spacial score (nSPS) is 22.9. The van der Waals surface area contributed by atoms with Crippen LogP contribution in [-0.4, -0.2) is 24.0 Å². The van der Waals surface area contributed by atoms with Crippen molar-refractivity contribution in [2.75, 3.05) is 13.1 Å². The summed E-state index contributed by atoms with van der Waals surface area (Å²) in [5, 5.41) is 0. The first kappa shape index (κ1) is 12.5. The number of nitrogens with zero attached hydrogens (tertiary/aromatic N) is 1. The third kappa shape index (κ3) is 3.01. The van der Waals surface area contributed by atoms with E-state index in [1.54, 1.807) is 0 Å². The van der Waals surface area contributed by atoms with E-state index >= 15 is 0 Å². The molecule has 1 aromatic rings. The molecule has 2 nitrogen and oxygen atoms in total. The maximum Gasteiger partial charge on any atom is 0.130 e. The predicted molar refractivity (Wildman–Crippen MR) is 63.4 cm³/mol. The molecule has 1 saturated heterocycles. The van der Waals surface area contributed by atoms with Gasteiger partial charge in [-0.1, -0.05) is 6.07 Å². The summed E-state index contributed by atoms with van der Waals surface area (Å²) >= 11 is 0. The molecule has 2 rings (SSSR count). The first-order valence-electron chi connectivity index (χ1n) is 5.98. The summed E-state index contributed by atoms with van der Waals surface area (Å²) < 4.78 is 26.2. The largest absolute Gasteiger partial charge is 0.328 e. The van der Waals surface area contributed by atoms with E-state index in [4.69, 9.17) is 5.73 Å². The Morgan fingerprint density at radius 1 is 1.47 bits per heavy atom. The number of hydrogen-bond acceptors (Lipinski definition) is 2. The van der Waals surface area contributed by atoms with Crippen molar-refractivity contribution in [2.45, 2.75) is 25.9 Å². The van der Waals surface area contributed by atoms with Crippen LogP contribution in [0.4, 0.5) is 8.78 Å². The van der Waals surface area contributed by atoms with Crippen molar-refractivity contribution >= 4 is 0 Å². The van der Waals surface area contributed by atoms with Gasteiger partial charge in [0.1, 0.15) is 11.6 Å². The first-order valence-corrected chi connectivity index (χ1v) is 5.98. The number of benzene rings is 1. The summed E-state index contributed by atoms with van der Waals surface area (Å²) in [7, 11) is 0. The molecule has 1 aliphatic heterocycles. The highest BCUT2D eigenvalue weighted by atomic mass is 19.1. The number of hydrogen-bond donors (Lipinski definition) is 1. The standard InChI is InChI=1S/C13H18F2N2/c1-9(16)10-4-5-17(7-10)8-11-2-3-12(14)6-13(11)15/h2-3,6,9-10H,4-5,7-8,16H2,1H3. The minimum atomic E-state index is -0.527. The van der Waals surface area contributed by atoms with Crippen molar-refractivity contribution in [3.8, 4) is 0 Å². The van der Waals surface area contributed by atoms with Gasteiger partial charge in [-0.15, -0.1) is 0 Å². The summed E-state index contributed by atoms with van der Waals surface area (Å²) in [6.07, 6.45) is 1.06. The van der Waals surface area contributed by atoms with Crippen molar-refractivity contribution in [1.29, 1.82) is 0 Å². The number of halogens is 2. The molecule has 4 heteroatoms. The third-order valence-corrected chi connectivity index (χ3v) is 3.46. The van der Waals surface area contributed by atoms with Crippen LogP contribution in [0, 0.1) is 17.6 Å². The van der Waals surface area contributed by atoms with Crippen molar-refractivity contribution in [1.82, 2.24) is 4.90 Å². The van der Waals surface area contributed by atoms with Crippen LogP contribution in [0.2, 0.25) is 0 Å². The summed E-state index contributed by atoms with van der Waals surface area (Å²) in [5.74, 6) is -0.506. The smallest absolute Gasteiger partial charge is 0.130 e. The van der Waals surface area contributed by atoms with E-state index in [0.29, 0.717) is 18.0 Å². The topological polar surface area (TPSA) is 29.3 Å². The molecule has 0 bridgehead atoms. The average molecular weight is 240 g/mol. The molecule has 1 aromatic carbocycles. The lowest BCUT2D eigenvalue weighted by Crippen LogP contribution is -2.29. The molecule has 0 amide bonds. The van der Waals surface area contributed by atoms with Crippen LogP contribution in [0.15, 0.2) is 18.2 Å². The highest BCUT2D eigenvalue weighted by Crippen LogP contribution is 2.21. The zero-order valence-corrected chi connectivity index (χ0v) is 10.00. The average Bonchev–Trinajstić information content (AvgIpc) is 2.71. The second-order valence-corrected chi connectivity index (χ2v) is 4.88.